The molecule has 0 aromatic carbocycles. The lowest BCUT2D eigenvalue weighted by Gasteiger charge is -2.24. The van der Waals surface area contributed by atoms with Gasteiger partial charge in [-0.15, -0.1) is 0 Å². The van der Waals surface area contributed by atoms with Crippen molar-refractivity contribution in [3.8, 4) is 0 Å². The number of hydrogen-bond acceptors (Lipinski definition) is 6. The molecule has 0 aromatic heterocycles. The van der Waals surface area contributed by atoms with Crippen molar-refractivity contribution < 1.29 is 9.59 Å². The van der Waals surface area contributed by atoms with Gasteiger partial charge in [-0.3, -0.25) is 9.59 Å². The molecule has 2 amide bonds. The van der Waals surface area contributed by atoms with Crippen molar-refractivity contribution in [1.29, 1.82) is 0 Å². The van der Waals surface area contributed by atoms with Gasteiger partial charge in [0.25, 0.3) is 0 Å². The molecule has 0 aliphatic rings. The van der Waals surface area contributed by atoms with Gasteiger partial charge in [-0.05, 0) is 71.2 Å². The highest BCUT2D eigenvalue weighted by Gasteiger charge is 2.20. The number of unbranched alkanes of at least 4 members (excludes halogenated alkanes) is 30. The van der Waals surface area contributed by atoms with E-state index < -0.39 is 0 Å². The van der Waals surface area contributed by atoms with E-state index in [2.05, 4.69) is 29.8 Å². The Bertz CT molecular complexity index is 779. The normalized spacial score (nSPS) is 12.0. The molecule has 0 saturated heterocycles. The zero-order valence-corrected chi connectivity index (χ0v) is 38.6. The van der Waals surface area contributed by atoms with E-state index >= 15 is 0 Å². The fourth-order valence-corrected chi connectivity index (χ4v) is 7.95. The number of rotatable bonds is 48. The minimum absolute atomic E-state index is 0.0643. The third-order valence-electron chi connectivity index (χ3n) is 11.8. The molecule has 0 spiro atoms. The predicted octanol–water partition coefficient (Wildman–Crippen LogP) is 11.5. The van der Waals surface area contributed by atoms with E-state index in [1.54, 1.807) is 0 Å². The molecule has 1 unspecified atom stereocenters. The van der Waals surface area contributed by atoms with E-state index in [9.17, 15) is 9.59 Å². The molecule has 340 valence electrons. The van der Waals surface area contributed by atoms with E-state index in [0.717, 1.165) is 64.7 Å². The molecular formula is C49H102N6O2. The molecule has 0 aliphatic carbocycles. The number of carbonyl (C=O) groups is 2. The monoisotopic (exact) mass is 807 g/mol. The van der Waals surface area contributed by atoms with Gasteiger partial charge in [-0.1, -0.05) is 206 Å². The summed E-state index contributed by atoms with van der Waals surface area (Å²) in [5.41, 5.74) is 11.3. The zero-order chi connectivity index (χ0) is 41.5. The van der Waals surface area contributed by atoms with E-state index in [4.69, 9.17) is 11.5 Å². The second-order valence-corrected chi connectivity index (χ2v) is 17.4. The maximum atomic E-state index is 13.5. The average Bonchev–Trinajstić information content (AvgIpc) is 3.22. The first-order valence-corrected chi connectivity index (χ1v) is 25.5. The summed E-state index contributed by atoms with van der Waals surface area (Å²) in [4.78, 5) is 28.8. The third kappa shape index (κ3) is 41.3. The van der Waals surface area contributed by atoms with Crippen LogP contribution < -0.4 is 27.4 Å². The van der Waals surface area contributed by atoms with Crippen molar-refractivity contribution in [2.75, 3.05) is 52.4 Å². The lowest BCUT2D eigenvalue weighted by molar-refractivity contribution is -0.133. The smallest absolute Gasteiger partial charge is 0.241 e. The van der Waals surface area contributed by atoms with Crippen LogP contribution in [-0.2, 0) is 9.59 Å². The Labute approximate surface area is 356 Å². The molecule has 8 nitrogen and oxygen atoms in total. The Morgan fingerprint density at radius 2 is 0.772 bits per heavy atom. The minimum Gasteiger partial charge on any atom is -0.346 e. The Morgan fingerprint density at radius 1 is 0.439 bits per heavy atom. The van der Waals surface area contributed by atoms with E-state index in [1.807, 2.05) is 4.90 Å². The van der Waals surface area contributed by atoms with E-state index in [0.29, 0.717) is 19.6 Å². The summed E-state index contributed by atoms with van der Waals surface area (Å²) in [5, 5.41) is 9.79. The highest BCUT2D eigenvalue weighted by atomic mass is 16.2. The highest BCUT2D eigenvalue weighted by molar-refractivity contribution is 5.87. The molecule has 0 heterocycles. The Hall–Kier alpha value is -1.22. The van der Waals surface area contributed by atoms with Crippen LogP contribution in [0.3, 0.4) is 0 Å². The van der Waals surface area contributed by atoms with Crippen LogP contribution in [0, 0.1) is 0 Å². The zero-order valence-electron chi connectivity index (χ0n) is 38.6. The largest absolute Gasteiger partial charge is 0.346 e. The summed E-state index contributed by atoms with van der Waals surface area (Å²) in [6, 6.07) is -0.310. The fraction of sp³-hybridized carbons (Fsp3) is 0.959. The van der Waals surface area contributed by atoms with E-state index in [1.165, 1.54) is 193 Å². The molecule has 7 N–H and O–H groups in total. The summed E-state index contributed by atoms with van der Waals surface area (Å²) in [6.45, 7) is 10.0. The van der Waals surface area contributed by atoms with Gasteiger partial charge in [0.1, 0.15) is 0 Å². The number of amides is 2. The molecular weight excluding hydrogens is 705 g/mol. The number of carbonyl (C=O) groups excluding carboxylic acids is 2. The number of nitrogens with two attached hydrogens (primary N) is 2. The summed E-state index contributed by atoms with van der Waals surface area (Å²) < 4.78 is 0. The van der Waals surface area contributed by atoms with Crippen LogP contribution in [0.4, 0.5) is 0 Å². The Morgan fingerprint density at radius 3 is 1.14 bits per heavy atom. The number of nitrogens with one attached hydrogen (secondary N) is 3. The van der Waals surface area contributed by atoms with Gasteiger partial charge in [0.2, 0.25) is 11.8 Å². The van der Waals surface area contributed by atoms with Gasteiger partial charge in [-0.2, -0.15) is 0 Å². The molecule has 0 rings (SSSR count). The van der Waals surface area contributed by atoms with Crippen LogP contribution in [0.5, 0.6) is 0 Å². The van der Waals surface area contributed by atoms with Gasteiger partial charge >= 0.3 is 0 Å². The van der Waals surface area contributed by atoms with Gasteiger partial charge in [-0.25, -0.2) is 0 Å². The topological polar surface area (TPSA) is 126 Å². The van der Waals surface area contributed by atoms with Gasteiger partial charge in [0.15, 0.2) is 0 Å². The molecule has 0 aliphatic heterocycles. The Balaban J connectivity index is 4.53. The second-order valence-electron chi connectivity index (χ2n) is 17.4. The molecule has 0 bridgehead atoms. The van der Waals surface area contributed by atoms with Crippen LogP contribution in [0.15, 0.2) is 0 Å². The number of nitrogens with zero attached hydrogens (tertiary/aromatic N) is 1. The first-order chi connectivity index (χ1) is 28.1. The van der Waals surface area contributed by atoms with Gasteiger partial charge in [0, 0.05) is 13.1 Å². The molecule has 8 heteroatoms. The summed E-state index contributed by atoms with van der Waals surface area (Å²) in [7, 11) is 0. The molecule has 0 fully saturated rings. The molecule has 57 heavy (non-hydrogen) atoms. The lowest BCUT2D eigenvalue weighted by Crippen LogP contribution is -2.48. The van der Waals surface area contributed by atoms with Crippen molar-refractivity contribution in [3.05, 3.63) is 0 Å². The molecule has 1 atom stereocenters. The van der Waals surface area contributed by atoms with E-state index in [-0.39, 0.29) is 24.4 Å². The first kappa shape index (κ1) is 55.8. The van der Waals surface area contributed by atoms with Crippen LogP contribution in [-0.4, -0.2) is 75.1 Å². The summed E-state index contributed by atoms with van der Waals surface area (Å²) in [6.07, 6.45) is 46.5. The fourth-order valence-electron chi connectivity index (χ4n) is 7.95. The van der Waals surface area contributed by atoms with Crippen LogP contribution >= 0.6 is 0 Å². The lowest BCUT2D eigenvalue weighted by atomic mass is 10.0. The molecule has 0 radical (unpaired) electrons. The van der Waals surface area contributed by atoms with Crippen LogP contribution in [0.1, 0.15) is 245 Å². The third-order valence-corrected chi connectivity index (χ3v) is 11.8. The SMILES string of the molecule is CCCCCCCCCCCCCCCCCCN(CCCCCCCCCCCCCCCCCC)C(=O)CNC(=O)C(CCCNCCCN)NCCCN. The first-order valence-electron chi connectivity index (χ1n) is 25.5. The van der Waals surface area contributed by atoms with Crippen molar-refractivity contribution in [3.63, 3.8) is 0 Å². The van der Waals surface area contributed by atoms with Gasteiger partial charge in [0.05, 0.1) is 12.6 Å². The number of hydrogen-bond donors (Lipinski definition) is 5. The minimum atomic E-state index is -0.310. The molecule has 0 saturated carbocycles. The molecule has 0 aromatic rings. The van der Waals surface area contributed by atoms with Crippen molar-refractivity contribution in [2.45, 2.75) is 251 Å². The van der Waals surface area contributed by atoms with Crippen molar-refractivity contribution >= 4 is 11.8 Å². The second kappa shape index (κ2) is 47.5. The van der Waals surface area contributed by atoms with Crippen molar-refractivity contribution in [1.82, 2.24) is 20.9 Å². The Kier molecular flexibility index (Phi) is 46.4. The highest BCUT2D eigenvalue weighted by Crippen LogP contribution is 2.16. The van der Waals surface area contributed by atoms with Crippen LogP contribution in [0.2, 0.25) is 0 Å². The quantitative estimate of drug-likeness (QED) is 0.0390. The maximum Gasteiger partial charge on any atom is 0.241 e. The maximum absolute atomic E-state index is 13.5. The average molecular weight is 807 g/mol. The van der Waals surface area contributed by atoms with Gasteiger partial charge < -0.3 is 32.3 Å². The summed E-state index contributed by atoms with van der Waals surface area (Å²) in [5.74, 6) is -0.0125. The predicted molar refractivity (Wildman–Crippen MR) is 250 cm³/mol. The standard InChI is InChI=1S/C49H102N6O2/c1-3-5-7-9-11-13-15-17-19-21-23-25-27-29-31-33-44-55(45-34-32-30-28-26-24-22-20-18-16-14-12-10-8-6-4-2)48(56)46-54-49(57)47(53-43-37-40-51)38-35-41-52-42-36-39-50/h47,52-53H,3-46,50-51H2,1-2H3,(H,54,57). The van der Waals surface area contributed by atoms with Crippen LogP contribution in [0.25, 0.3) is 0 Å². The van der Waals surface area contributed by atoms with Crippen molar-refractivity contribution in [2.24, 2.45) is 11.5 Å². The summed E-state index contributed by atoms with van der Waals surface area (Å²) >= 11 is 0.